The maximum atomic E-state index is 5.73. The van der Waals surface area contributed by atoms with Crippen molar-refractivity contribution in [1.29, 1.82) is 0 Å². The van der Waals surface area contributed by atoms with Crippen molar-refractivity contribution < 1.29 is 18.9 Å². The zero-order valence-corrected chi connectivity index (χ0v) is 14.7. The molecule has 0 saturated heterocycles. The molecule has 0 saturated carbocycles. The highest BCUT2D eigenvalue weighted by Gasteiger charge is 2.11. The van der Waals surface area contributed by atoms with Gasteiger partial charge < -0.3 is 18.9 Å². The topological polar surface area (TPSA) is 36.9 Å². The van der Waals surface area contributed by atoms with Crippen LogP contribution in [0.2, 0.25) is 0 Å². The summed E-state index contributed by atoms with van der Waals surface area (Å²) >= 11 is 0. The molecule has 0 aliphatic rings. The number of methoxy groups -OCH3 is 2. The molecule has 0 heterocycles. The molecule has 0 amide bonds. The van der Waals surface area contributed by atoms with E-state index in [0.717, 1.165) is 35.5 Å². The second-order valence-corrected chi connectivity index (χ2v) is 5.27. The molecule has 128 valence electrons. The van der Waals surface area contributed by atoms with Crippen LogP contribution in [0.5, 0.6) is 11.5 Å². The van der Waals surface area contributed by atoms with E-state index in [-0.39, 0.29) is 13.6 Å². The Bertz CT molecular complexity index is 520. The molecule has 0 aliphatic carbocycles. The molecule has 4 heteroatoms. The fourth-order valence-electron chi connectivity index (χ4n) is 2.06. The molecular weight excluding hydrogens is 292 g/mol. The fraction of sp³-hybridized carbons (Fsp3) is 0.474. The molecule has 0 unspecified atom stereocenters. The summed E-state index contributed by atoms with van der Waals surface area (Å²) < 4.78 is 21.5. The Morgan fingerprint density at radius 2 is 1.52 bits per heavy atom. The summed E-state index contributed by atoms with van der Waals surface area (Å²) in [6.45, 7) is 8.51. The van der Waals surface area contributed by atoms with E-state index >= 15 is 0 Å². The standard InChI is InChI=1S/C19H28O4/c1-6-8-16-11-19(23-14-21-5)17(10-9-15(3)7-2)12-18(16)22-13-20-4/h6,9,11-12H,1,7-8,10,13-14H2,2-5H3/b15-9+. The van der Waals surface area contributed by atoms with Gasteiger partial charge >= 0.3 is 0 Å². The van der Waals surface area contributed by atoms with Crippen LogP contribution in [0.25, 0.3) is 0 Å². The molecule has 1 aromatic rings. The van der Waals surface area contributed by atoms with E-state index in [9.17, 15) is 0 Å². The van der Waals surface area contributed by atoms with Gasteiger partial charge in [-0.15, -0.1) is 6.58 Å². The molecule has 0 radical (unpaired) electrons. The zero-order chi connectivity index (χ0) is 17.1. The first kappa shape index (κ1) is 19.3. The number of hydrogen-bond donors (Lipinski definition) is 0. The maximum absolute atomic E-state index is 5.73. The minimum atomic E-state index is 0.214. The van der Waals surface area contributed by atoms with Crippen molar-refractivity contribution in [1.82, 2.24) is 0 Å². The quantitative estimate of drug-likeness (QED) is 0.450. The van der Waals surface area contributed by atoms with Crippen LogP contribution in [-0.2, 0) is 22.3 Å². The number of rotatable bonds is 11. The second-order valence-electron chi connectivity index (χ2n) is 5.27. The minimum Gasteiger partial charge on any atom is -0.467 e. The van der Waals surface area contributed by atoms with Crippen molar-refractivity contribution in [2.45, 2.75) is 33.1 Å². The summed E-state index contributed by atoms with van der Waals surface area (Å²) in [6.07, 6.45) is 6.58. The number of ether oxygens (including phenoxy) is 4. The van der Waals surface area contributed by atoms with Crippen LogP contribution < -0.4 is 9.47 Å². The van der Waals surface area contributed by atoms with Gasteiger partial charge in [-0.3, -0.25) is 0 Å². The number of allylic oxidation sites excluding steroid dienone is 3. The number of benzene rings is 1. The normalized spacial score (nSPS) is 11.4. The molecule has 1 rings (SSSR count). The molecule has 0 spiro atoms. The fourth-order valence-corrected chi connectivity index (χ4v) is 2.06. The Kier molecular flexibility index (Phi) is 9.10. The van der Waals surface area contributed by atoms with Crippen LogP contribution in [0.15, 0.2) is 36.4 Å². The summed E-state index contributed by atoms with van der Waals surface area (Å²) in [5.41, 5.74) is 3.43. The Balaban J connectivity index is 3.16. The molecule has 0 atom stereocenters. The lowest BCUT2D eigenvalue weighted by atomic mass is 10.0. The summed E-state index contributed by atoms with van der Waals surface area (Å²) in [6, 6.07) is 4.01. The van der Waals surface area contributed by atoms with E-state index < -0.39 is 0 Å². The monoisotopic (exact) mass is 320 g/mol. The van der Waals surface area contributed by atoms with Crippen molar-refractivity contribution in [3.8, 4) is 11.5 Å². The van der Waals surface area contributed by atoms with Gasteiger partial charge in [0.1, 0.15) is 11.5 Å². The van der Waals surface area contributed by atoms with Crippen LogP contribution in [0.3, 0.4) is 0 Å². The van der Waals surface area contributed by atoms with E-state index in [0.29, 0.717) is 6.42 Å². The highest BCUT2D eigenvalue weighted by Crippen LogP contribution is 2.31. The van der Waals surface area contributed by atoms with Gasteiger partial charge in [0, 0.05) is 25.3 Å². The molecule has 0 bridgehead atoms. The highest BCUT2D eigenvalue weighted by molar-refractivity contribution is 5.48. The molecular formula is C19H28O4. The van der Waals surface area contributed by atoms with Crippen molar-refractivity contribution in [2.24, 2.45) is 0 Å². The third-order valence-electron chi connectivity index (χ3n) is 3.50. The first-order valence-electron chi connectivity index (χ1n) is 7.82. The maximum Gasteiger partial charge on any atom is 0.188 e. The molecule has 1 aromatic carbocycles. The summed E-state index contributed by atoms with van der Waals surface area (Å²) in [4.78, 5) is 0. The van der Waals surface area contributed by atoms with Crippen molar-refractivity contribution >= 4 is 0 Å². The predicted octanol–water partition coefficient (Wildman–Crippen LogP) is 4.28. The van der Waals surface area contributed by atoms with Crippen LogP contribution in [0, 0.1) is 0 Å². The average molecular weight is 320 g/mol. The lowest BCUT2D eigenvalue weighted by Gasteiger charge is -2.16. The smallest absolute Gasteiger partial charge is 0.188 e. The second kappa shape index (κ2) is 10.9. The van der Waals surface area contributed by atoms with E-state index in [2.05, 4.69) is 26.5 Å². The molecule has 0 aromatic heterocycles. The van der Waals surface area contributed by atoms with Crippen molar-refractivity contribution in [2.75, 3.05) is 27.8 Å². The average Bonchev–Trinajstić information content (AvgIpc) is 2.57. The van der Waals surface area contributed by atoms with Gasteiger partial charge in [0.15, 0.2) is 13.6 Å². The lowest BCUT2D eigenvalue weighted by molar-refractivity contribution is 0.0474. The lowest BCUT2D eigenvalue weighted by Crippen LogP contribution is -2.06. The Morgan fingerprint density at radius 3 is 1.96 bits per heavy atom. The summed E-state index contributed by atoms with van der Waals surface area (Å²) in [7, 11) is 3.22. The van der Waals surface area contributed by atoms with Crippen molar-refractivity contribution in [3.05, 3.63) is 47.6 Å². The molecule has 0 fully saturated rings. The largest absolute Gasteiger partial charge is 0.467 e. The van der Waals surface area contributed by atoms with Crippen molar-refractivity contribution in [3.63, 3.8) is 0 Å². The van der Waals surface area contributed by atoms with Gasteiger partial charge in [-0.25, -0.2) is 0 Å². The molecule has 0 N–H and O–H groups in total. The zero-order valence-electron chi connectivity index (χ0n) is 14.7. The van der Waals surface area contributed by atoms with E-state index in [1.165, 1.54) is 5.57 Å². The van der Waals surface area contributed by atoms with Gasteiger partial charge in [-0.1, -0.05) is 24.6 Å². The van der Waals surface area contributed by atoms with Gasteiger partial charge in [0.2, 0.25) is 0 Å². The summed E-state index contributed by atoms with van der Waals surface area (Å²) in [5, 5.41) is 0. The number of hydrogen-bond acceptors (Lipinski definition) is 4. The predicted molar refractivity (Wildman–Crippen MR) is 93.1 cm³/mol. The first-order valence-corrected chi connectivity index (χ1v) is 7.82. The molecule has 23 heavy (non-hydrogen) atoms. The Labute approximate surface area is 139 Å². The van der Waals surface area contributed by atoms with E-state index in [4.69, 9.17) is 18.9 Å². The van der Waals surface area contributed by atoms with Crippen LogP contribution in [0.4, 0.5) is 0 Å². The SMILES string of the molecule is C=CCc1cc(OCOC)c(C/C=C(\C)CC)cc1OCOC. The van der Waals surface area contributed by atoms with E-state index in [1.54, 1.807) is 14.2 Å². The summed E-state index contributed by atoms with van der Waals surface area (Å²) in [5.74, 6) is 1.61. The third-order valence-corrected chi connectivity index (χ3v) is 3.50. The minimum absolute atomic E-state index is 0.214. The van der Waals surface area contributed by atoms with Crippen LogP contribution in [0.1, 0.15) is 31.4 Å². The van der Waals surface area contributed by atoms with Crippen LogP contribution in [-0.4, -0.2) is 27.8 Å². The Morgan fingerprint density at radius 1 is 1.00 bits per heavy atom. The molecule has 0 aliphatic heterocycles. The van der Waals surface area contributed by atoms with Crippen LogP contribution >= 0.6 is 0 Å². The molecule has 4 nitrogen and oxygen atoms in total. The van der Waals surface area contributed by atoms with Gasteiger partial charge in [0.05, 0.1) is 0 Å². The van der Waals surface area contributed by atoms with Gasteiger partial charge in [-0.05, 0) is 38.3 Å². The highest BCUT2D eigenvalue weighted by atomic mass is 16.7. The van der Waals surface area contributed by atoms with E-state index in [1.807, 2.05) is 18.2 Å². The van der Waals surface area contributed by atoms with Gasteiger partial charge in [-0.2, -0.15) is 0 Å². The van der Waals surface area contributed by atoms with Gasteiger partial charge in [0.25, 0.3) is 0 Å². The third kappa shape index (κ3) is 6.47. The Hall–Kier alpha value is -1.78. The first-order chi connectivity index (χ1) is 11.2.